The summed E-state index contributed by atoms with van der Waals surface area (Å²) in [7, 11) is 0. The summed E-state index contributed by atoms with van der Waals surface area (Å²) in [5, 5.41) is 13.5. The van der Waals surface area contributed by atoms with E-state index in [-0.39, 0.29) is 5.91 Å². The van der Waals surface area contributed by atoms with Gasteiger partial charge < -0.3 is 10.4 Å². The van der Waals surface area contributed by atoms with Crippen molar-refractivity contribution in [1.82, 2.24) is 5.32 Å². The van der Waals surface area contributed by atoms with E-state index >= 15 is 0 Å². The Hall–Kier alpha value is -1.43. The lowest BCUT2D eigenvalue weighted by atomic mass is 10.0. The lowest BCUT2D eigenvalue weighted by Crippen LogP contribution is -2.46. The van der Waals surface area contributed by atoms with Crippen LogP contribution in [0.25, 0.3) is 11.1 Å². The molecule has 1 amide bonds. The van der Waals surface area contributed by atoms with E-state index in [1.54, 1.807) is 23.5 Å². The number of aliphatic hydroxyl groups is 1. The van der Waals surface area contributed by atoms with Crippen LogP contribution in [-0.4, -0.2) is 46.2 Å². The van der Waals surface area contributed by atoms with Crippen molar-refractivity contribution in [1.29, 1.82) is 0 Å². The third-order valence-corrected chi connectivity index (χ3v) is 6.67. The lowest BCUT2D eigenvalue weighted by molar-refractivity contribution is 0.0753. The van der Waals surface area contributed by atoms with Gasteiger partial charge in [-0.3, -0.25) is 4.79 Å². The molecule has 0 aliphatic carbocycles. The Kier molecular flexibility index (Phi) is 5.87. The van der Waals surface area contributed by atoms with Gasteiger partial charge in [-0.25, -0.2) is 0 Å². The molecule has 1 aliphatic rings. The van der Waals surface area contributed by atoms with Crippen LogP contribution < -0.4 is 5.32 Å². The molecule has 2 aromatic rings. The Morgan fingerprint density at radius 3 is 2.17 bits per heavy atom. The second-order valence-electron chi connectivity index (χ2n) is 5.96. The van der Waals surface area contributed by atoms with Gasteiger partial charge in [0.25, 0.3) is 5.91 Å². The van der Waals surface area contributed by atoms with Crippen LogP contribution in [0.3, 0.4) is 0 Å². The number of carbonyl (C=O) groups excluding carboxylic acids is 1. The molecule has 3 rings (SSSR count). The van der Waals surface area contributed by atoms with Gasteiger partial charge >= 0.3 is 0 Å². The van der Waals surface area contributed by atoms with E-state index < -0.39 is 5.60 Å². The fourth-order valence-electron chi connectivity index (χ4n) is 2.58. The average Bonchev–Trinajstić information content (AvgIpc) is 2.86. The Morgan fingerprint density at radius 1 is 0.958 bits per heavy atom. The number of hydrogen-bond acceptors (Lipinski definition) is 4. The second-order valence-corrected chi connectivity index (χ2v) is 8.17. The van der Waals surface area contributed by atoms with Crippen molar-refractivity contribution >= 4 is 29.4 Å². The van der Waals surface area contributed by atoms with Crippen LogP contribution in [0.15, 0.2) is 54.6 Å². The topological polar surface area (TPSA) is 49.3 Å². The SMILES string of the molecule is O=C(NCC1(O)CSCCSC1)c1ccc(-c2ccccc2)cc1. The average molecular weight is 360 g/mol. The van der Waals surface area contributed by atoms with Crippen molar-refractivity contribution in [3.05, 3.63) is 60.2 Å². The van der Waals surface area contributed by atoms with Crippen LogP contribution in [0.2, 0.25) is 0 Å². The van der Waals surface area contributed by atoms with E-state index in [9.17, 15) is 9.90 Å². The number of thioether (sulfide) groups is 2. The van der Waals surface area contributed by atoms with Gasteiger partial charge in [0.15, 0.2) is 0 Å². The molecule has 0 saturated carbocycles. The molecule has 2 aromatic carbocycles. The molecular weight excluding hydrogens is 338 g/mol. The third-order valence-electron chi connectivity index (χ3n) is 3.95. The van der Waals surface area contributed by atoms with Gasteiger partial charge in [0.2, 0.25) is 0 Å². The lowest BCUT2D eigenvalue weighted by Gasteiger charge is -2.25. The minimum atomic E-state index is -0.814. The summed E-state index contributed by atoms with van der Waals surface area (Å²) < 4.78 is 0. The minimum absolute atomic E-state index is 0.137. The molecule has 1 aliphatic heterocycles. The quantitative estimate of drug-likeness (QED) is 0.879. The maximum absolute atomic E-state index is 12.3. The number of carbonyl (C=O) groups is 1. The molecule has 3 nitrogen and oxygen atoms in total. The molecule has 0 radical (unpaired) electrons. The molecule has 0 aromatic heterocycles. The summed E-state index contributed by atoms with van der Waals surface area (Å²) in [6.45, 7) is 0.298. The first-order valence-corrected chi connectivity index (χ1v) is 10.3. The van der Waals surface area contributed by atoms with Crippen molar-refractivity contribution in [2.24, 2.45) is 0 Å². The number of amides is 1. The van der Waals surface area contributed by atoms with Gasteiger partial charge in [-0.05, 0) is 23.3 Å². The normalized spacial score (nSPS) is 17.0. The highest BCUT2D eigenvalue weighted by Gasteiger charge is 2.29. The Morgan fingerprint density at radius 2 is 1.54 bits per heavy atom. The summed E-state index contributed by atoms with van der Waals surface area (Å²) in [5.74, 6) is 3.33. The van der Waals surface area contributed by atoms with Crippen LogP contribution in [0.5, 0.6) is 0 Å². The first-order chi connectivity index (χ1) is 11.7. The summed E-state index contributed by atoms with van der Waals surface area (Å²) >= 11 is 3.50. The van der Waals surface area contributed by atoms with Crippen LogP contribution in [-0.2, 0) is 0 Å². The third kappa shape index (κ3) is 4.56. The summed E-state index contributed by atoms with van der Waals surface area (Å²) in [6, 6.07) is 17.7. The fraction of sp³-hybridized carbons (Fsp3) is 0.316. The number of benzene rings is 2. The van der Waals surface area contributed by atoms with Crippen molar-refractivity contribution in [2.45, 2.75) is 5.60 Å². The molecule has 0 unspecified atom stereocenters. The van der Waals surface area contributed by atoms with Crippen LogP contribution >= 0.6 is 23.5 Å². The standard InChI is InChI=1S/C19H21NO2S2/c21-18(20-12-19(22)13-23-10-11-24-14-19)17-8-6-16(7-9-17)15-4-2-1-3-5-15/h1-9,22H,10-14H2,(H,20,21). The summed E-state index contributed by atoms with van der Waals surface area (Å²) in [5.41, 5.74) is 2.02. The molecule has 0 atom stereocenters. The summed E-state index contributed by atoms with van der Waals surface area (Å²) in [4.78, 5) is 12.3. The van der Waals surface area contributed by atoms with Gasteiger partial charge in [-0.1, -0.05) is 42.5 Å². The van der Waals surface area contributed by atoms with E-state index in [2.05, 4.69) is 5.32 Å². The Bertz CT molecular complexity index is 666. The molecule has 1 saturated heterocycles. The molecule has 5 heteroatoms. The minimum Gasteiger partial charge on any atom is -0.386 e. The number of rotatable bonds is 4. The monoisotopic (exact) mass is 359 g/mol. The van der Waals surface area contributed by atoms with E-state index in [4.69, 9.17) is 0 Å². The van der Waals surface area contributed by atoms with Crippen LogP contribution in [0.1, 0.15) is 10.4 Å². The first-order valence-electron chi connectivity index (χ1n) is 7.98. The zero-order valence-electron chi connectivity index (χ0n) is 13.4. The Labute approximate surface area is 151 Å². The first kappa shape index (κ1) is 17.4. The van der Waals surface area contributed by atoms with E-state index in [1.165, 1.54) is 0 Å². The molecule has 126 valence electrons. The van der Waals surface area contributed by atoms with E-state index in [0.717, 1.165) is 22.6 Å². The highest BCUT2D eigenvalue weighted by Crippen LogP contribution is 2.24. The zero-order chi connectivity index (χ0) is 16.8. The molecule has 24 heavy (non-hydrogen) atoms. The fourth-order valence-corrected chi connectivity index (χ4v) is 5.11. The van der Waals surface area contributed by atoms with Crippen molar-refractivity contribution < 1.29 is 9.90 Å². The maximum Gasteiger partial charge on any atom is 0.251 e. The molecule has 1 fully saturated rings. The van der Waals surface area contributed by atoms with Gasteiger partial charge in [-0.15, -0.1) is 0 Å². The molecule has 2 N–H and O–H groups in total. The van der Waals surface area contributed by atoms with Crippen molar-refractivity contribution in [3.8, 4) is 11.1 Å². The maximum atomic E-state index is 12.3. The number of hydrogen-bond donors (Lipinski definition) is 2. The highest BCUT2D eigenvalue weighted by molar-refractivity contribution is 8.03. The van der Waals surface area contributed by atoms with Gasteiger partial charge in [0.1, 0.15) is 0 Å². The smallest absolute Gasteiger partial charge is 0.251 e. The Balaban J connectivity index is 1.61. The predicted molar refractivity (Wildman–Crippen MR) is 104 cm³/mol. The zero-order valence-corrected chi connectivity index (χ0v) is 15.0. The van der Waals surface area contributed by atoms with Crippen molar-refractivity contribution in [3.63, 3.8) is 0 Å². The van der Waals surface area contributed by atoms with Gasteiger partial charge in [-0.2, -0.15) is 23.5 Å². The van der Waals surface area contributed by atoms with Crippen molar-refractivity contribution in [2.75, 3.05) is 29.6 Å². The predicted octanol–water partition coefficient (Wildman–Crippen LogP) is 3.29. The van der Waals surface area contributed by atoms with Crippen LogP contribution in [0.4, 0.5) is 0 Å². The largest absolute Gasteiger partial charge is 0.386 e. The van der Waals surface area contributed by atoms with E-state index in [0.29, 0.717) is 23.6 Å². The molecule has 1 heterocycles. The number of nitrogens with one attached hydrogen (secondary N) is 1. The van der Waals surface area contributed by atoms with Gasteiger partial charge in [0.05, 0.1) is 5.60 Å². The second kappa shape index (κ2) is 8.10. The summed E-state index contributed by atoms with van der Waals surface area (Å²) in [6.07, 6.45) is 0. The van der Waals surface area contributed by atoms with Gasteiger partial charge in [0, 0.05) is 35.1 Å². The molecular formula is C19H21NO2S2. The van der Waals surface area contributed by atoms with E-state index in [1.807, 2.05) is 54.6 Å². The molecule has 0 spiro atoms. The molecule has 0 bridgehead atoms. The van der Waals surface area contributed by atoms with Crippen LogP contribution in [0, 0.1) is 0 Å². The highest BCUT2D eigenvalue weighted by atomic mass is 32.2.